The van der Waals surface area contributed by atoms with E-state index >= 15 is 0 Å². The van der Waals surface area contributed by atoms with Crippen LogP contribution in [0.5, 0.6) is 0 Å². The Morgan fingerprint density at radius 3 is 2.55 bits per heavy atom. The Hall–Kier alpha value is -0.370. The molecule has 0 aliphatic carbocycles. The van der Waals surface area contributed by atoms with Crippen molar-refractivity contribution in [2.24, 2.45) is 0 Å². The molecule has 0 aromatic rings. The lowest BCUT2D eigenvalue weighted by Gasteiger charge is -2.09. The van der Waals surface area contributed by atoms with Gasteiger partial charge in [0.15, 0.2) is 0 Å². The first kappa shape index (κ1) is 10.6. The van der Waals surface area contributed by atoms with Gasteiger partial charge in [-0.3, -0.25) is 0 Å². The standard InChI is InChI=1S/C9H19NO/c1-3-5-6-7-9(8-11)10-4-2/h8-10H,3-7H2,1-2H3. The number of carbonyl (C=O) groups excluding carboxylic acids is 1. The molecule has 1 atom stereocenters. The lowest BCUT2D eigenvalue weighted by molar-refractivity contribution is -0.109. The minimum Gasteiger partial charge on any atom is -0.308 e. The number of rotatable bonds is 7. The van der Waals surface area contributed by atoms with Gasteiger partial charge >= 0.3 is 0 Å². The van der Waals surface area contributed by atoms with E-state index < -0.39 is 0 Å². The first-order valence-electron chi connectivity index (χ1n) is 4.53. The molecule has 0 saturated heterocycles. The van der Waals surface area contributed by atoms with Crippen molar-refractivity contribution in [3.8, 4) is 0 Å². The molecule has 0 saturated carbocycles. The number of hydrogen-bond acceptors (Lipinski definition) is 2. The summed E-state index contributed by atoms with van der Waals surface area (Å²) in [4.78, 5) is 10.4. The van der Waals surface area contributed by atoms with Crippen LogP contribution in [0.4, 0.5) is 0 Å². The van der Waals surface area contributed by atoms with Crippen molar-refractivity contribution >= 4 is 6.29 Å². The van der Waals surface area contributed by atoms with Gasteiger partial charge in [-0.05, 0) is 13.0 Å². The summed E-state index contributed by atoms with van der Waals surface area (Å²) < 4.78 is 0. The van der Waals surface area contributed by atoms with Crippen molar-refractivity contribution in [1.82, 2.24) is 5.32 Å². The fourth-order valence-electron chi connectivity index (χ4n) is 1.09. The molecule has 0 aromatic heterocycles. The van der Waals surface area contributed by atoms with Gasteiger partial charge in [-0.2, -0.15) is 0 Å². The van der Waals surface area contributed by atoms with E-state index in [0.717, 1.165) is 25.7 Å². The van der Waals surface area contributed by atoms with Crippen molar-refractivity contribution < 1.29 is 4.79 Å². The van der Waals surface area contributed by atoms with Crippen LogP contribution in [0.25, 0.3) is 0 Å². The zero-order valence-corrected chi connectivity index (χ0v) is 7.60. The summed E-state index contributed by atoms with van der Waals surface area (Å²) in [6.45, 7) is 5.08. The first-order valence-corrected chi connectivity index (χ1v) is 4.53. The summed E-state index contributed by atoms with van der Waals surface area (Å²) in [5.41, 5.74) is 0. The molecule has 1 N–H and O–H groups in total. The lowest BCUT2D eigenvalue weighted by Crippen LogP contribution is -2.29. The summed E-state index contributed by atoms with van der Waals surface area (Å²) in [7, 11) is 0. The number of carbonyl (C=O) groups is 1. The van der Waals surface area contributed by atoms with Crippen molar-refractivity contribution in [1.29, 1.82) is 0 Å². The largest absolute Gasteiger partial charge is 0.308 e. The molecular weight excluding hydrogens is 138 g/mol. The molecule has 0 aliphatic rings. The van der Waals surface area contributed by atoms with E-state index in [1.807, 2.05) is 6.92 Å². The molecular formula is C9H19NO. The predicted molar refractivity (Wildman–Crippen MR) is 47.7 cm³/mol. The van der Waals surface area contributed by atoms with Crippen molar-refractivity contribution in [3.63, 3.8) is 0 Å². The topological polar surface area (TPSA) is 29.1 Å². The Balaban J connectivity index is 3.28. The fourth-order valence-corrected chi connectivity index (χ4v) is 1.09. The molecule has 0 spiro atoms. The van der Waals surface area contributed by atoms with Gasteiger partial charge in [0.2, 0.25) is 0 Å². The maximum absolute atomic E-state index is 10.4. The van der Waals surface area contributed by atoms with E-state index in [9.17, 15) is 4.79 Å². The number of nitrogens with one attached hydrogen (secondary N) is 1. The normalized spacial score (nSPS) is 12.9. The molecule has 2 nitrogen and oxygen atoms in total. The van der Waals surface area contributed by atoms with Crippen LogP contribution >= 0.6 is 0 Å². The van der Waals surface area contributed by atoms with Gasteiger partial charge in [0.1, 0.15) is 6.29 Å². The van der Waals surface area contributed by atoms with Gasteiger partial charge in [0, 0.05) is 0 Å². The zero-order chi connectivity index (χ0) is 8.53. The van der Waals surface area contributed by atoms with Crippen LogP contribution in [0.2, 0.25) is 0 Å². The Kier molecular flexibility index (Phi) is 7.47. The molecule has 0 amide bonds. The third kappa shape index (κ3) is 6.05. The van der Waals surface area contributed by atoms with Crippen molar-refractivity contribution in [2.75, 3.05) is 6.54 Å². The van der Waals surface area contributed by atoms with Crippen molar-refractivity contribution in [3.05, 3.63) is 0 Å². The molecule has 1 unspecified atom stereocenters. The Morgan fingerprint density at radius 1 is 1.36 bits per heavy atom. The molecule has 66 valence electrons. The second-order valence-electron chi connectivity index (χ2n) is 2.80. The summed E-state index contributed by atoms with van der Waals surface area (Å²) in [6.07, 6.45) is 5.62. The smallest absolute Gasteiger partial charge is 0.136 e. The Morgan fingerprint density at radius 2 is 2.09 bits per heavy atom. The molecule has 0 rings (SSSR count). The van der Waals surface area contributed by atoms with E-state index in [1.54, 1.807) is 0 Å². The Bertz CT molecular complexity index is 93.6. The highest BCUT2D eigenvalue weighted by atomic mass is 16.1. The Labute approximate surface area is 69.4 Å². The number of aldehydes is 1. The summed E-state index contributed by atoms with van der Waals surface area (Å²) in [5, 5.41) is 3.12. The highest BCUT2D eigenvalue weighted by molar-refractivity contribution is 5.57. The minimum atomic E-state index is 0.0894. The zero-order valence-electron chi connectivity index (χ0n) is 7.60. The summed E-state index contributed by atoms with van der Waals surface area (Å²) in [5.74, 6) is 0. The van der Waals surface area contributed by atoms with Crippen LogP contribution in [0, 0.1) is 0 Å². The van der Waals surface area contributed by atoms with Gasteiger partial charge in [-0.1, -0.05) is 33.1 Å². The van der Waals surface area contributed by atoms with Gasteiger partial charge < -0.3 is 10.1 Å². The number of hydrogen-bond donors (Lipinski definition) is 1. The highest BCUT2D eigenvalue weighted by Gasteiger charge is 2.02. The first-order chi connectivity index (χ1) is 5.35. The second-order valence-corrected chi connectivity index (χ2v) is 2.80. The van der Waals surface area contributed by atoms with Crippen LogP contribution in [0.15, 0.2) is 0 Å². The maximum Gasteiger partial charge on any atom is 0.136 e. The quantitative estimate of drug-likeness (QED) is 0.450. The maximum atomic E-state index is 10.4. The van der Waals surface area contributed by atoms with Crippen LogP contribution in [0.3, 0.4) is 0 Å². The van der Waals surface area contributed by atoms with Crippen LogP contribution in [-0.2, 0) is 4.79 Å². The predicted octanol–water partition coefficient (Wildman–Crippen LogP) is 1.74. The van der Waals surface area contributed by atoms with Crippen LogP contribution in [0.1, 0.15) is 39.5 Å². The second kappa shape index (κ2) is 7.73. The van der Waals surface area contributed by atoms with E-state index in [0.29, 0.717) is 0 Å². The van der Waals surface area contributed by atoms with Gasteiger partial charge in [0.25, 0.3) is 0 Å². The number of likely N-dealkylation sites (N-methyl/N-ethyl adjacent to an activating group) is 1. The average Bonchev–Trinajstić information content (AvgIpc) is 2.03. The highest BCUT2D eigenvalue weighted by Crippen LogP contribution is 2.01. The van der Waals surface area contributed by atoms with Crippen LogP contribution in [-0.4, -0.2) is 18.9 Å². The third-order valence-corrected chi connectivity index (χ3v) is 1.75. The van der Waals surface area contributed by atoms with Gasteiger partial charge in [-0.15, -0.1) is 0 Å². The van der Waals surface area contributed by atoms with Gasteiger partial charge in [-0.25, -0.2) is 0 Å². The average molecular weight is 157 g/mol. The van der Waals surface area contributed by atoms with E-state index in [-0.39, 0.29) is 6.04 Å². The van der Waals surface area contributed by atoms with E-state index in [4.69, 9.17) is 0 Å². The molecule has 0 bridgehead atoms. The fraction of sp³-hybridized carbons (Fsp3) is 0.889. The molecule has 0 aromatic carbocycles. The number of unbranched alkanes of at least 4 members (excludes halogenated alkanes) is 2. The monoisotopic (exact) mass is 157 g/mol. The SMILES string of the molecule is CCCCCC(C=O)NCC. The van der Waals surface area contributed by atoms with Crippen LogP contribution < -0.4 is 5.32 Å². The molecule has 0 fully saturated rings. The van der Waals surface area contributed by atoms with Crippen molar-refractivity contribution in [2.45, 2.75) is 45.6 Å². The molecule has 0 aliphatic heterocycles. The molecule has 2 heteroatoms. The minimum absolute atomic E-state index is 0.0894. The molecule has 0 radical (unpaired) electrons. The van der Waals surface area contributed by atoms with E-state index in [2.05, 4.69) is 12.2 Å². The third-order valence-electron chi connectivity index (χ3n) is 1.75. The molecule has 0 heterocycles. The summed E-state index contributed by atoms with van der Waals surface area (Å²) >= 11 is 0. The lowest BCUT2D eigenvalue weighted by atomic mass is 10.1. The molecule has 11 heavy (non-hydrogen) atoms. The van der Waals surface area contributed by atoms with Gasteiger partial charge in [0.05, 0.1) is 6.04 Å². The summed E-state index contributed by atoms with van der Waals surface area (Å²) in [6, 6.07) is 0.0894. The van der Waals surface area contributed by atoms with E-state index in [1.165, 1.54) is 12.8 Å².